The normalized spacial score (nSPS) is 12.1. The summed E-state index contributed by atoms with van der Waals surface area (Å²) in [5.41, 5.74) is 1.07. The van der Waals surface area contributed by atoms with Gasteiger partial charge in [-0.05, 0) is 16.7 Å². The fraction of sp³-hybridized carbons (Fsp3) is 0.500. The van der Waals surface area contributed by atoms with Crippen LogP contribution in [0.15, 0.2) is 18.2 Å². The van der Waals surface area contributed by atoms with Crippen molar-refractivity contribution < 1.29 is 5.11 Å². The Balaban J connectivity index is 3.28. The second-order valence-corrected chi connectivity index (χ2v) is 10.2. The molecule has 1 nitrogen and oxygen atoms in total. The first-order valence-corrected chi connectivity index (χ1v) is 8.66. The van der Waals surface area contributed by atoms with Crippen molar-refractivity contribution in [1.82, 2.24) is 0 Å². The van der Waals surface area contributed by atoms with Crippen LogP contribution in [-0.2, 0) is 0 Å². The third kappa shape index (κ3) is 2.18. The van der Waals surface area contributed by atoms with E-state index in [1.54, 1.807) is 0 Å². The van der Waals surface area contributed by atoms with Gasteiger partial charge in [-0.1, -0.05) is 51.7 Å². The Morgan fingerprint density at radius 2 is 1.71 bits per heavy atom. The van der Waals surface area contributed by atoms with Gasteiger partial charge in [0.15, 0.2) is 0 Å². The molecule has 2 heteroatoms. The molecule has 0 saturated carbocycles. The molecular formula is C12H20OSi. The Kier molecular flexibility index (Phi) is 3.05. The summed E-state index contributed by atoms with van der Waals surface area (Å²) in [7, 11) is -1.41. The van der Waals surface area contributed by atoms with E-state index < -0.39 is 8.07 Å². The lowest BCUT2D eigenvalue weighted by Crippen LogP contribution is -2.38. The van der Waals surface area contributed by atoms with Gasteiger partial charge in [-0.25, -0.2) is 0 Å². The van der Waals surface area contributed by atoms with Crippen molar-refractivity contribution in [1.29, 1.82) is 0 Å². The second kappa shape index (κ2) is 3.77. The van der Waals surface area contributed by atoms with E-state index in [4.69, 9.17) is 0 Å². The summed E-state index contributed by atoms with van der Waals surface area (Å²) in [6, 6.07) is 6.14. The van der Waals surface area contributed by atoms with E-state index in [9.17, 15) is 5.11 Å². The van der Waals surface area contributed by atoms with Crippen molar-refractivity contribution >= 4 is 13.3 Å². The summed E-state index contributed by atoms with van der Waals surface area (Å²) in [5.74, 6) is 0.924. The van der Waals surface area contributed by atoms with Gasteiger partial charge in [-0.15, -0.1) is 0 Å². The van der Waals surface area contributed by atoms with Crippen LogP contribution in [-0.4, -0.2) is 13.2 Å². The lowest BCUT2D eigenvalue weighted by atomic mass is 10.0. The molecule has 0 atom stereocenters. The van der Waals surface area contributed by atoms with Gasteiger partial charge in [0.2, 0.25) is 0 Å². The zero-order valence-electron chi connectivity index (χ0n) is 9.76. The zero-order valence-corrected chi connectivity index (χ0v) is 10.8. The van der Waals surface area contributed by atoms with Crippen LogP contribution in [0.3, 0.4) is 0 Å². The Morgan fingerprint density at radius 3 is 2.14 bits per heavy atom. The van der Waals surface area contributed by atoms with E-state index in [0.29, 0.717) is 11.7 Å². The van der Waals surface area contributed by atoms with Gasteiger partial charge in [0, 0.05) is 0 Å². The molecule has 1 rings (SSSR count). The first-order valence-electron chi connectivity index (χ1n) is 5.16. The first kappa shape index (κ1) is 11.3. The van der Waals surface area contributed by atoms with Gasteiger partial charge in [0.05, 0.1) is 8.07 Å². The summed E-state index contributed by atoms with van der Waals surface area (Å²) < 4.78 is 0. The minimum atomic E-state index is -1.41. The molecule has 78 valence electrons. The fourth-order valence-corrected chi connectivity index (χ4v) is 3.08. The highest BCUT2D eigenvalue weighted by Gasteiger charge is 2.22. The van der Waals surface area contributed by atoms with Crippen molar-refractivity contribution in [3.05, 3.63) is 23.8 Å². The van der Waals surface area contributed by atoms with E-state index in [0.717, 1.165) is 5.56 Å². The minimum absolute atomic E-state index is 0.395. The van der Waals surface area contributed by atoms with Crippen LogP contribution in [0.4, 0.5) is 0 Å². The number of hydrogen-bond acceptors (Lipinski definition) is 1. The average Bonchev–Trinajstić information content (AvgIpc) is 2.01. The topological polar surface area (TPSA) is 20.2 Å². The van der Waals surface area contributed by atoms with Crippen molar-refractivity contribution in [2.24, 2.45) is 0 Å². The van der Waals surface area contributed by atoms with Gasteiger partial charge < -0.3 is 5.11 Å². The highest BCUT2D eigenvalue weighted by molar-refractivity contribution is 6.89. The molecule has 0 aliphatic heterocycles. The molecule has 0 aliphatic carbocycles. The van der Waals surface area contributed by atoms with Crippen LogP contribution in [0.1, 0.15) is 25.3 Å². The fourth-order valence-electron chi connectivity index (χ4n) is 1.63. The third-order valence-electron chi connectivity index (χ3n) is 2.50. The van der Waals surface area contributed by atoms with Crippen molar-refractivity contribution in [3.8, 4) is 5.75 Å². The molecule has 0 unspecified atom stereocenters. The predicted molar refractivity (Wildman–Crippen MR) is 65.2 cm³/mol. The summed E-state index contributed by atoms with van der Waals surface area (Å²) in [6.45, 7) is 11.0. The number of rotatable bonds is 2. The standard InChI is InChI=1S/C12H20OSi/c1-9(2)10-7-6-8-11(12(10)13)14(3,4)5/h6-9,13H,1-5H3. The number of benzene rings is 1. The molecule has 0 bridgehead atoms. The van der Waals surface area contributed by atoms with Crippen LogP contribution >= 0.6 is 0 Å². The first-order chi connectivity index (χ1) is 6.34. The van der Waals surface area contributed by atoms with E-state index >= 15 is 0 Å². The van der Waals surface area contributed by atoms with Gasteiger partial charge >= 0.3 is 0 Å². The smallest absolute Gasteiger partial charge is 0.118 e. The zero-order chi connectivity index (χ0) is 10.9. The number of para-hydroxylation sites is 1. The van der Waals surface area contributed by atoms with E-state index in [1.165, 1.54) is 5.19 Å². The van der Waals surface area contributed by atoms with Gasteiger partial charge in [0.25, 0.3) is 0 Å². The highest BCUT2D eigenvalue weighted by atomic mass is 28.3. The molecule has 0 heterocycles. The second-order valence-electron chi connectivity index (χ2n) is 5.15. The molecule has 0 radical (unpaired) electrons. The van der Waals surface area contributed by atoms with E-state index in [2.05, 4.69) is 45.6 Å². The summed E-state index contributed by atoms with van der Waals surface area (Å²) in [6.07, 6.45) is 0. The quantitative estimate of drug-likeness (QED) is 0.741. The molecule has 1 N–H and O–H groups in total. The molecule has 0 aromatic heterocycles. The number of aromatic hydroxyl groups is 1. The largest absolute Gasteiger partial charge is 0.508 e. The van der Waals surface area contributed by atoms with Crippen molar-refractivity contribution in [3.63, 3.8) is 0 Å². The SMILES string of the molecule is CC(C)c1cccc([Si](C)(C)C)c1O. The van der Waals surface area contributed by atoms with E-state index in [-0.39, 0.29) is 0 Å². The minimum Gasteiger partial charge on any atom is -0.508 e. The summed E-state index contributed by atoms with van der Waals surface area (Å²) >= 11 is 0. The molecule has 0 spiro atoms. The molecule has 0 amide bonds. The number of phenolic OH excluding ortho intramolecular Hbond substituents is 1. The van der Waals surface area contributed by atoms with Crippen LogP contribution in [0.5, 0.6) is 5.75 Å². The molecule has 0 saturated heterocycles. The monoisotopic (exact) mass is 208 g/mol. The van der Waals surface area contributed by atoms with Crippen LogP contribution < -0.4 is 5.19 Å². The molecule has 14 heavy (non-hydrogen) atoms. The van der Waals surface area contributed by atoms with Gasteiger partial charge in [-0.3, -0.25) is 0 Å². The Hall–Kier alpha value is -0.763. The summed E-state index contributed by atoms with van der Waals surface area (Å²) in [5, 5.41) is 11.3. The predicted octanol–water partition coefficient (Wildman–Crippen LogP) is 3.06. The van der Waals surface area contributed by atoms with Crippen molar-refractivity contribution in [2.45, 2.75) is 39.4 Å². The maximum Gasteiger partial charge on any atom is 0.118 e. The Labute approximate surface area is 87.8 Å². The third-order valence-corrected chi connectivity index (χ3v) is 4.52. The maximum atomic E-state index is 10.1. The van der Waals surface area contributed by atoms with Crippen LogP contribution in [0.25, 0.3) is 0 Å². The lowest BCUT2D eigenvalue weighted by molar-refractivity contribution is 0.469. The molecule has 1 aromatic carbocycles. The maximum absolute atomic E-state index is 10.1. The van der Waals surface area contributed by atoms with Gasteiger partial charge in [0.1, 0.15) is 5.75 Å². The molecule has 0 aliphatic rings. The number of hydrogen-bond donors (Lipinski definition) is 1. The summed E-state index contributed by atoms with van der Waals surface area (Å²) in [4.78, 5) is 0. The molecule has 1 aromatic rings. The Bertz CT molecular complexity index is 324. The lowest BCUT2D eigenvalue weighted by Gasteiger charge is -2.21. The highest BCUT2D eigenvalue weighted by Crippen LogP contribution is 2.25. The van der Waals surface area contributed by atoms with Crippen LogP contribution in [0.2, 0.25) is 19.6 Å². The van der Waals surface area contributed by atoms with Crippen molar-refractivity contribution in [2.75, 3.05) is 0 Å². The van der Waals surface area contributed by atoms with Gasteiger partial charge in [-0.2, -0.15) is 0 Å². The molecule has 0 fully saturated rings. The Morgan fingerprint density at radius 1 is 1.14 bits per heavy atom. The number of phenols is 1. The molecular weight excluding hydrogens is 188 g/mol. The average molecular weight is 208 g/mol. The van der Waals surface area contributed by atoms with Crippen LogP contribution in [0, 0.1) is 0 Å². The van der Waals surface area contributed by atoms with E-state index in [1.807, 2.05) is 6.07 Å².